The van der Waals surface area contributed by atoms with Gasteiger partial charge >= 0.3 is 26.2 Å². The van der Waals surface area contributed by atoms with E-state index in [1.807, 2.05) is 0 Å². The molecule has 0 aromatic rings. The van der Waals surface area contributed by atoms with E-state index in [-0.39, 0.29) is 61.1 Å². The Morgan fingerprint density at radius 3 is 1.10 bits per heavy atom. The first-order chi connectivity index (χ1) is 12.4. The molecule has 0 atom stereocenters. The smallest absolute Gasteiger partial charge is 1.00 e. The van der Waals surface area contributed by atoms with Gasteiger partial charge in [0.15, 0.2) is 0 Å². The summed E-state index contributed by atoms with van der Waals surface area (Å²) in [5.41, 5.74) is 2.41. The van der Waals surface area contributed by atoms with Crippen LogP contribution in [0, 0.1) is 12.2 Å². The van der Waals surface area contributed by atoms with Crippen molar-refractivity contribution in [1.82, 2.24) is 0 Å². The molecule has 0 aromatic carbocycles. The van der Waals surface area contributed by atoms with Crippen LogP contribution in [0.25, 0.3) is 0 Å². The maximum Gasteiger partial charge on any atom is 4.00 e. The van der Waals surface area contributed by atoms with Gasteiger partial charge in [0.1, 0.15) is 0 Å². The summed E-state index contributed by atoms with van der Waals surface area (Å²) < 4.78 is 12.3. The standard InChI is InChI=1S/2C12H21OSi.2ClH.Zr/c2*1-10-7-8-11(9-10)13-14(5,6)12(2,3)4;;;/h2*7H,8H2,1-6H3;2*1H;/q2*-1;;;+4/p-2. The predicted octanol–water partition coefficient (Wildman–Crippen LogP) is 2.10. The molecule has 0 heterocycles. The van der Waals surface area contributed by atoms with Crippen molar-refractivity contribution < 1.29 is 59.9 Å². The van der Waals surface area contributed by atoms with Crippen LogP contribution in [0.3, 0.4) is 0 Å². The molecule has 0 aromatic heterocycles. The fraction of sp³-hybridized carbons (Fsp3) is 0.667. The molecule has 176 valence electrons. The van der Waals surface area contributed by atoms with Gasteiger partial charge in [-0.05, 0) is 47.8 Å². The Bertz CT molecular complexity index is 635. The molecule has 0 unspecified atom stereocenters. The monoisotopic (exact) mass is 578 g/mol. The van der Waals surface area contributed by atoms with Gasteiger partial charge in [0.2, 0.25) is 16.6 Å². The topological polar surface area (TPSA) is 18.5 Å². The van der Waals surface area contributed by atoms with Crippen LogP contribution in [0.15, 0.2) is 34.8 Å². The van der Waals surface area contributed by atoms with Crippen molar-refractivity contribution in [3.63, 3.8) is 0 Å². The Morgan fingerprint density at radius 2 is 0.935 bits per heavy atom. The Morgan fingerprint density at radius 1 is 0.677 bits per heavy atom. The number of halogens is 2. The molecular weight excluding hydrogens is 539 g/mol. The molecule has 0 N–H and O–H groups in total. The molecule has 0 fully saturated rings. The van der Waals surface area contributed by atoms with Crippen molar-refractivity contribution in [3.05, 3.63) is 47.0 Å². The van der Waals surface area contributed by atoms with E-state index in [9.17, 15) is 0 Å². The Labute approximate surface area is 226 Å². The summed E-state index contributed by atoms with van der Waals surface area (Å²) in [7, 11) is -3.26. The molecule has 2 nitrogen and oxygen atoms in total. The second-order valence-corrected chi connectivity index (χ2v) is 20.5. The van der Waals surface area contributed by atoms with Crippen LogP contribution in [0.5, 0.6) is 0 Å². The SMILES string of the molecule is CC1=CCC(O[Si](C)(C)C(C)(C)C)=[C-]1.CC1=CCC(O[Si](C)(C)C(C)(C)C)=[C-]1.[Cl-].[Cl-].[Zr+4]. The predicted molar refractivity (Wildman–Crippen MR) is 127 cm³/mol. The summed E-state index contributed by atoms with van der Waals surface area (Å²) >= 11 is 0. The number of rotatable bonds is 4. The number of hydrogen-bond acceptors (Lipinski definition) is 2. The first-order valence-corrected chi connectivity index (χ1v) is 16.2. The van der Waals surface area contributed by atoms with Crippen molar-refractivity contribution in [2.24, 2.45) is 0 Å². The van der Waals surface area contributed by atoms with Crippen molar-refractivity contribution >= 4 is 16.6 Å². The van der Waals surface area contributed by atoms with Gasteiger partial charge in [0.25, 0.3) is 0 Å². The molecule has 7 heteroatoms. The van der Waals surface area contributed by atoms with E-state index in [2.05, 4.69) is 106 Å². The van der Waals surface area contributed by atoms with Crippen LogP contribution >= 0.6 is 0 Å². The van der Waals surface area contributed by atoms with Gasteiger partial charge < -0.3 is 33.7 Å². The molecule has 2 aliphatic carbocycles. The zero-order chi connectivity index (χ0) is 22.0. The van der Waals surface area contributed by atoms with Crippen LogP contribution in [0.4, 0.5) is 0 Å². The Hall–Kier alpha value is 0.457. The first kappa shape index (κ1) is 36.0. The minimum Gasteiger partial charge on any atom is -1.00 e. The van der Waals surface area contributed by atoms with E-state index in [1.54, 1.807) is 0 Å². The third-order valence-corrected chi connectivity index (χ3v) is 15.0. The molecule has 2 aliphatic rings. The van der Waals surface area contributed by atoms with Crippen molar-refractivity contribution in [2.45, 2.75) is 104 Å². The molecule has 0 bridgehead atoms. The molecule has 31 heavy (non-hydrogen) atoms. The largest absolute Gasteiger partial charge is 4.00 e. The van der Waals surface area contributed by atoms with E-state index < -0.39 is 16.6 Å². The molecule has 0 saturated carbocycles. The quantitative estimate of drug-likeness (QED) is 0.375. The molecule has 0 aliphatic heterocycles. The van der Waals surface area contributed by atoms with Crippen LogP contribution < -0.4 is 24.8 Å². The molecule has 2 rings (SSSR count). The summed E-state index contributed by atoms with van der Waals surface area (Å²) in [5, 5.41) is 0.552. The summed E-state index contributed by atoms with van der Waals surface area (Å²) in [6.45, 7) is 26.8. The van der Waals surface area contributed by atoms with E-state index >= 15 is 0 Å². The normalized spacial score (nSPS) is 16.1. The van der Waals surface area contributed by atoms with E-state index in [0.29, 0.717) is 0 Å². The summed E-state index contributed by atoms with van der Waals surface area (Å²) in [4.78, 5) is 0. The maximum atomic E-state index is 6.13. The van der Waals surface area contributed by atoms with Crippen LogP contribution in [-0.4, -0.2) is 16.6 Å². The minimum atomic E-state index is -1.63. The second kappa shape index (κ2) is 13.4. The summed E-state index contributed by atoms with van der Waals surface area (Å²) in [6, 6.07) is 0. The number of allylic oxidation sites excluding steroid dienone is 6. The molecule has 0 spiro atoms. The number of hydrogen-bond donors (Lipinski definition) is 0. The molecule has 0 saturated heterocycles. The summed E-state index contributed by atoms with van der Waals surface area (Å²) in [6.07, 6.45) is 12.7. The second-order valence-electron chi connectivity index (χ2n) is 11.0. The fourth-order valence-electron chi connectivity index (χ4n) is 2.19. The van der Waals surface area contributed by atoms with Gasteiger partial charge in [-0.25, -0.2) is 35.5 Å². The third kappa shape index (κ3) is 11.4. The third-order valence-electron chi connectivity index (χ3n) is 6.23. The summed E-state index contributed by atoms with van der Waals surface area (Å²) in [5.74, 6) is 2.07. The van der Waals surface area contributed by atoms with Gasteiger partial charge in [0, 0.05) is 0 Å². The van der Waals surface area contributed by atoms with Gasteiger partial charge in [0.05, 0.1) is 0 Å². The van der Waals surface area contributed by atoms with Crippen molar-refractivity contribution in [2.75, 3.05) is 0 Å². The van der Waals surface area contributed by atoms with E-state index in [1.165, 1.54) is 11.1 Å². The average Bonchev–Trinajstić information content (AvgIpc) is 3.05. The van der Waals surface area contributed by atoms with Gasteiger partial charge in [-0.2, -0.15) is 0 Å². The first-order valence-electron chi connectivity index (χ1n) is 10.4. The van der Waals surface area contributed by atoms with Gasteiger partial charge in [-0.3, -0.25) is 0 Å². The Kier molecular flexibility index (Phi) is 15.5. The van der Waals surface area contributed by atoms with Gasteiger partial charge in [-0.1, -0.05) is 68.2 Å². The molecular formula is C24H42Cl2O2Si2Zr. The van der Waals surface area contributed by atoms with E-state index in [4.69, 9.17) is 8.85 Å². The van der Waals surface area contributed by atoms with Crippen LogP contribution in [0.2, 0.25) is 36.3 Å². The van der Waals surface area contributed by atoms with Crippen LogP contribution in [0.1, 0.15) is 68.2 Å². The van der Waals surface area contributed by atoms with Crippen molar-refractivity contribution in [1.29, 1.82) is 0 Å². The molecule has 0 amide bonds. The fourth-order valence-corrected chi connectivity index (χ4v) is 4.31. The van der Waals surface area contributed by atoms with Crippen LogP contribution in [-0.2, 0) is 35.1 Å². The van der Waals surface area contributed by atoms with Gasteiger partial charge in [-0.15, -0.1) is 0 Å². The zero-order valence-electron chi connectivity index (χ0n) is 21.6. The zero-order valence-corrected chi connectivity index (χ0v) is 27.6. The van der Waals surface area contributed by atoms with E-state index in [0.717, 1.165) is 24.4 Å². The van der Waals surface area contributed by atoms with Crippen molar-refractivity contribution in [3.8, 4) is 0 Å². The average molecular weight is 581 g/mol. The maximum absolute atomic E-state index is 6.13. The molecule has 0 radical (unpaired) electrons. The minimum absolute atomic E-state index is 0. The Balaban J connectivity index is -0.000000461.